The number of aromatic amines is 2. The lowest BCUT2D eigenvalue weighted by Gasteiger charge is -2.33. The Morgan fingerprint density at radius 1 is 1.26 bits per heavy atom. The minimum atomic E-state index is -1.30. The van der Waals surface area contributed by atoms with Gasteiger partial charge in [0.1, 0.15) is 20.4 Å². The van der Waals surface area contributed by atoms with E-state index in [1.54, 1.807) is 0 Å². The van der Waals surface area contributed by atoms with Crippen molar-refractivity contribution in [1.82, 2.24) is 30.0 Å². The number of piperazine rings is 1. The molecule has 1 fully saturated rings. The van der Waals surface area contributed by atoms with Crippen LogP contribution in [0.4, 0.5) is 10.5 Å². The zero-order chi connectivity index (χ0) is 24.8. The summed E-state index contributed by atoms with van der Waals surface area (Å²) in [6.07, 6.45) is 2.46. The molecule has 0 spiro atoms. The van der Waals surface area contributed by atoms with Crippen LogP contribution in [0.1, 0.15) is 5.56 Å². The molecule has 3 aromatic rings. The van der Waals surface area contributed by atoms with Crippen molar-refractivity contribution in [2.24, 2.45) is 0 Å². The Morgan fingerprint density at radius 3 is 2.77 bits per heavy atom. The average Bonchev–Trinajstić information content (AvgIpc) is 3.44. The number of anilines is 1. The Morgan fingerprint density at radius 2 is 2.03 bits per heavy atom. The lowest BCUT2D eigenvalue weighted by Crippen LogP contribution is -2.45. The molecule has 1 saturated heterocycles. The molecule has 10 heteroatoms. The summed E-state index contributed by atoms with van der Waals surface area (Å²) in [4.78, 5) is 24.8. The van der Waals surface area contributed by atoms with Gasteiger partial charge < -0.3 is 9.72 Å². The van der Waals surface area contributed by atoms with Gasteiger partial charge in [0.2, 0.25) is 0 Å². The van der Waals surface area contributed by atoms with Gasteiger partial charge in [0, 0.05) is 32.7 Å². The second-order valence-electron chi connectivity index (χ2n) is 9.71. The summed E-state index contributed by atoms with van der Waals surface area (Å²) in [7, 11) is -1.30. The second kappa shape index (κ2) is 10.9. The molecule has 0 saturated carbocycles. The Bertz CT molecular complexity index is 1240. The van der Waals surface area contributed by atoms with Crippen LogP contribution in [-0.2, 0) is 11.3 Å². The van der Waals surface area contributed by atoms with E-state index in [-0.39, 0.29) is 6.61 Å². The number of hydrogen-bond acceptors (Lipinski definition) is 6. The lowest BCUT2D eigenvalue weighted by molar-refractivity contribution is 0.138. The molecule has 1 amide bonds. The molecule has 1 aromatic carbocycles. The molecule has 3 N–H and O–H groups in total. The quantitative estimate of drug-likeness (QED) is 0.265. The Balaban J connectivity index is 1.37. The van der Waals surface area contributed by atoms with Crippen molar-refractivity contribution in [3.63, 3.8) is 0 Å². The number of carbonyl (C=O) groups excluding carboxylic acids is 1. The number of hydrogen-bond donors (Lipinski definition) is 3. The number of carbonyl (C=O) groups is 1. The predicted molar refractivity (Wildman–Crippen MR) is 142 cm³/mol. The number of H-pyrrole nitrogens is 2. The maximum absolute atomic E-state index is 11.9. The molecule has 184 valence electrons. The van der Waals surface area contributed by atoms with Crippen molar-refractivity contribution in [2.45, 2.75) is 26.2 Å². The number of nitrogens with zero attached hydrogens (tertiary/aromatic N) is 4. The maximum Gasteiger partial charge on any atom is 0.412 e. The molecule has 0 bridgehead atoms. The molecule has 1 aliphatic rings. The van der Waals surface area contributed by atoms with Crippen molar-refractivity contribution in [1.29, 1.82) is 0 Å². The molecule has 0 aliphatic carbocycles. The minimum absolute atomic E-state index is 0.133. The number of benzene rings is 1. The molecule has 0 unspecified atom stereocenters. The van der Waals surface area contributed by atoms with Crippen molar-refractivity contribution in [3.05, 3.63) is 42.6 Å². The number of rotatable bonds is 7. The molecule has 0 atom stereocenters. The SMILES string of the molecule is C=CCOC(=O)Nc1cn[nH]c1-c1nc2ccc(CN3CCN(CC#C[Si](C)(C)C)CC3)cc2[nH]1. The van der Waals surface area contributed by atoms with Gasteiger partial charge in [-0.25, -0.2) is 9.78 Å². The molecular formula is C25H33N7O2Si. The molecule has 1 aliphatic heterocycles. The lowest BCUT2D eigenvalue weighted by atomic mass is 10.1. The highest BCUT2D eigenvalue weighted by atomic mass is 28.3. The van der Waals surface area contributed by atoms with E-state index in [1.165, 1.54) is 17.8 Å². The van der Waals surface area contributed by atoms with Gasteiger partial charge in [0.05, 0.1) is 29.5 Å². The van der Waals surface area contributed by atoms with Crippen LogP contribution in [0.2, 0.25) is 19.6 Å². The summed E-state index contributed by atoms with van der Waals surface area (Å²) in [5.41, 5.74) is 7.56. The van der Waals surface area contributed by atoms with Crippen LogP contribution in [0.3, 0.4) is 0 Å². The fourth-order valence-corrected chi connectivity index (χ4v) is 4.51. The third-order valence-electron chi connectivity index (χ3n) is 5.63. The van der Waals surface area contributed by atoms with E-state index >= 15 is 0 Å². The Labute approximate surface area is 206 Å². The summed E-state index contributed by atoms with van der Waals surface area (Å²) in [5.74, 6) is 3.98. The monoisotopic (exact) mass is 491 g/mol. The number of fused-ring (bicyclic) bond motifs is 1. The van der Waals surface area contributed by atoms with Gasteiger partial charge in [-0.2, -0.15) is 5.10 Å². The van der Waals surface area contributed by atoms with E-state index in [9.17, 15) is 4.79 Å². The highest BCUT2D eigenvalue weighted by Crippen LogP contribution is 2.26. The van der Waals surface area contributed by atoms with Crippen LogP contribution in [-0.4, -0.2) is 83.5 Å². The van der Waals surface area contributed by atoms with Gasteiger partial charge in [-0.1, -0.05) is 44.3 Å². The van der Waals surface area contributed by atoms with E-state index in [4.69, 9.17) is 4.74 Å². The Kier molecular flexibility index (Phi) is 7.70. The summed E-state index contributed by atoms with van der Waals surface area (Å²) in [6.45, 7) is 16.4. The number of imidazole rings is 1. The molecule has 9 nitrogen and oxygen atoms in total. The number of ether oxygens (including phenoxy) is 1. The van der Waals surface area contributed by atoms with Gasteiger partial charge in [0.25, 0.3) is 0 Å². The Hall–Kier alpha value is -3.39. The zero-order valence-corrected chi connectivity index (χ0v) is 21.6. The van der Waals surface area contributed by atoms with Gasteiger partial charge in [-0.05, 0) is 17.7 Å². The first-order chi connectivity index (χ1) is 16.8. The standard InChI is InChI=1S/C25H33N7O2Si/c1-5-14-34-25(33)29-22-17-26-30-23(22)24-27-20-8-7-19(16-21(20)28-24)18-32-12-10-31(11-13-32)9-6-15-35(2,3)4/h5,7-8,16-17H,1,9-14,18H2,2-4H3,(H,26,30)(H,27,28)(H,29,33). The van der Waals surface area contributed by atoms with Crippen LogP contribution >= 0.6 is 0 Å². The van der Waals surface area contributed by atoms with Crippen molar-refractivity contribution in [2.75, 3.05) is 44.6 Å². The van der Waals surface area contributed by atoms with E-state index in [0.29, 0.717) is 17.2 Å². The van der Waals surface area contributed by atoms with E-state index in [1.807, 2.05) is 6.07 Å². The molecule has 0 radical (unpaired) electrons. The number of nitrogens with one attached hydrogen (secondary N) is 3. The number of aromatic nitrogens is 4. The third-order valence-corrected chi connectivity index (χ3v) is 6.56. The largest absolute Gasteiger partial charge is 0.445 e. The second-order valence-corrected chi connectivity index (χ2v) is 14.5. The maximum atomic E-state index is 11.9. The van der Waals surface area contributed by atoms with E-state index < -0.39 is 14.2 Å². The summed E-state index contributed by atoms with van der Waals surface area (Å²) < 4.78 is 4.99. The number of amides is 1. The van der Waals surface area contributed by atoms with Crippen molar-refractivity contribution in [3.8, 4) is 23.0 Å². The first-order valence-electron chi connectivity index (χ1n) is 11.8. The van der Waals surface area contributed by atoms with Crippen LogP contribution < -0.4 is 5.32 Å². The molecule has 4 rings (SSSR count). The van der Waals surface area contributed by atoms with Crippen molar-refractivity contribution < 1.29 is 9.53 Å². The first kappa shape index (κ1) is 24.7. The third kappa shape index (κ3) is 6.82. The molecule has 35 heavy (non-hydrogen) atoms. The molecular weight excluding hydrogens is 458 g/mol. The fraction of sp³-hybridized carbons (Fsp3) is 0.400. The first-order valence-corrected chi connectivity index (χ1v) is 15.3. The van der Waals surface area contributed by atoms with Gasteiger partial charge in [0.15, 0.2) is 5.82 Å². The van der Waals surface area contributed by atoms with Gasteiger partial charge >= 0.3 is 6.09 Å². The highest BCUT2D eigenvalue weighted by molar-refractivity contribution is 6.83. The van der Waals surface area contributed by atoms with Gasteiger partial charge in [-0.3, -0.25) is 20.2 Å². The predicted octanol–water partition coefficient (Wildman–Crippen LogP) is 3.69. The fourth-order valence-electron chi connectivity index (χ4n) is 3.90. The zero-order valence-electron chi connectivity index (χ0n) is 20.6. The normalized spacial score (nSPS) is 14.9. The van der Waals surface area contributed by atoms with Crippen LogP contribution in [0.25, 0.3) is 22.6 Å². The van der Waals surface area contributed by atoms with Gasteiger partial charge in [-0.15, -0.1) is 5.54 Å². The summed E-state index contributed by atoms with van der Waals surface area (Å²) in [6, 6.07) is 6.28. The van der Waals surface area contributed by atoms with Crippen LogP contribution in [0.5, 0.6) is 0 Å². The van der Waals surface area contributed by atoms with Crippen molar-refractivity contribution >= 4 is 30.9 Å². The average molecular weight is 492 g/mol. The van der Waals surface area contributed by atoms with E-state index in [2.05, 4.69) is 85.1 Å². The van der Waals surface area contributed by atoms with E-state index in [0.717, 1.165) is 50.3 Å². The molecule has 3 heterocycles. The topological polar surface area (TPSA) is 102 Å². The summed E-state index contributed by atoms with van der Waals surface area (Å²) >= 11 is 0. The summed E-state index contributed by atoms with van der Waals surface area (Å²) in [5, 5.41) is 9.62. The minimum Gasteiger partial charge on any atom is -0.445 e. The van der Waals surface area contributed by atoms with Crippen LogP contribution in [0, 0.1) is 11.5 Å². The molecule has 2 aromatic heterocycles. The van der Waals surface area contributed by atoms with Crippen LogP contribution in [0.15, 0.2) is 37.1 Å². The smallest absolute Gasteiger partial charge is 0.412 e. The highest BCUT2D eigenvalue weighted by Gasteiger charge is 2.18.